The largest absolute Gasteiger partial charge is 0.378 e. The first kappa shape index (κ1) is 18.3. The highest BCUT2D eigenvalue weighted by molar-refractivity contribution is 8.00. The van der Waals surface area contributed by atoms with Crippen molar-refractivity contribution in [1.29, 1.82) is 0 Å². The van der Waals surface area contributed by atoms with Crippen molar-refractivity contribution >= 4 is 35.0 Å². The van der Waals surface area contributed by atoms with E-state index in [9.17, 15) is 9.59 Å². The van der Waals surface area contributed by atoms with Crippen molar-refractivity contribution in [3.63, 3.8) is 0 Å². The summed E-state index contributed by atoms with van der Waals surface area (Å²) in [5, 5.41) is 2.76. The summed E-state index contributed by atoms with van der Waals surface area (Å²) in [6, 6.07) is 13.6. The van der Waals surface area contributed by atoms with Crippen LogP contribution in [0.1, 0.15) is 22.8 Å². The number of benzene rings is 2. The van der Waals surface area contributed by atoms with E-state index in [0.29, 0.717) is 17.8 Å². The summed E-state index contributed by atoms with van der Waals surface area (Å²) in [4.78, 5) is 29.3. The van der Waals surface area contributed by atoms with Gasteiger partial charge in [0.05, 0.1) is 10.9 Å². The van der Waals surface area contributed by atoms with E-state index in [-0.39, 0.29) is 17.1 Å². The molecule has 1 N–H and O–H groups in total. The third kappa shape index (κ3) is 3.85. The Labute approximate surface area is 158 Å². The summed E-state index contributed by atoms with van der Waals surface area (Å²) >= 11 is 1.51. The van der Waals surface area contributed by atoms with Gasteiger partial charge in [-0.15, -0.1) is 11.8 Å². The second-order valence-electron chi connectivity index (χ2n) is 6.68. The van der Waals surface area contributed by atoms with Gasteiger partial charge in [0.1, 0.15) is 0 Å². The minimum atomic E-state index is -0.114. The normalized spacial score (nSPS) is 15.8. The van der Waals surface area contributed by atoms with Crippen LogP contribution < -0.4 is 10.2 Å². The number of nitrogens with one attached hydrogen (secondary N) is 1. The highest BCUT2D eigenvalue weighted by Crippen LogP contribution is 2.36. The van der Waals surface area contributed by atoms with Crippen molar-refractivity contribution in [2.24, 2.45) is 0 Å². The van der Waals surface area contributed by atoms with Gasteiger partial charge in [-0.3, -0.25) is 9.59 Å². The molecule has 1 atom stereocenters. The second kappa shape index (κ2) is 7.41. The molecule has 0 saturated carbocycles. The Morgan fingerprint density at radius 1 is 1.12 bits per heavy atom. The predicted octanol–water partition coefficient (Wildman–Crippen LogP) is 3.46. The lowest BCUT2D eigenvalue weighted by Gasteiger charge is -2.23. The Morgan fingerprint density at radius 3 is 2.46 bits per heavy atom. The van der Waals surface area contributed by atoms with Gasteiger partial charge >= 0.3 is 0 Å². The number of hydrogen-bond donors (Lipinski definition) is 1. The van der Waals surface area contributed by atoms with Crippen LogP contribution in [0.25, 0.3) is 0 Å². The zero-order valence-corrected chi connectivity index (χ0v) is 16.3. The first-order valence-electron chi connectivity index (χ1n) is 8.48. The Balaban J connectivity index is 1.72. The molecule has 3 rings (SSSR count). The lowest BCUT2D eigenvalue weighted by Crippen LogP contribution is -2.28. The summed E-state index contributed by atoms with van der Waals surface area (Å²) in [5.74, 6) is -0.0937. The number of carbonyl (C=O) groups excluding carboxylic acids is 2. The van der Waals surface area contributed by atoms with E-state index in [1.807, 2.05) is 62.3 Å². The number of carbonyl (C=O) groups is 2. The van der Waals surface area contributed by atoms with Crippen LogP contribution in [0.5, 0.6) is 0 Å². The van der Waals surface area contributed by atoms with Crippen LogP contribution >= 0.6 is 11.8 Å². The summed E-state index contributed by atoms with van der Waals surface area (Å²) in [7, 11) is 5.79. The van der Waals surface area contributed by atoms with Gasteiger partial charge in [-0.05, 0) is 42.8 Å². The molecule has 0 saturated heterocycles. The maximum absolute atomic E-state index is 12.8. The third-order valence-corrected chi connectivity index (χ3v) is 5.55. The molecule has 0 bridgehead atoms. The topological polar surface area (TPSA) is 52.7 Å². The van der Waals surface area contributed by atoms with Crippen molar-refractivity contribution in [1.82, 2.24) is 4.90 Å². The van der Waals surface area contributed by atoms with Gasteiger partial charge in [0.15, 0.2) is 0 Å². The molecular formula is C20H23N3O2S. The number of anilines is 2. The van der Waals surface area contributed by atoms with Gasteiger partial charge in [-0.25, -0.2) is 0 Å². The molecule has 0 unspecified atom stereocenters. The fraction of sp³-hybridized carbons (Fsp3) is 0.300. The molecule has 2 aromatic rings. The maximum Gasteiger partial charge on any atom is 0.253 e. The quantitative estimate of drug-likeness (QED) is 0.897. The van der Waals surface area contributed by atoms with Crippen molar-refractivity contribution in [2.75, 3.05) is 31.4 Å². The predicted molar refractivity (Wildman–Crippen MR) is 107 cm³/mol. The van der Waals surface area contributed by atoms with Crippen LogP contribution in [0.2, 0.25) is 0 Å². The molecule has 1 heterocycles. The van der Waals surface area contributed by atoms with Crippen molar-refractivity contribution in [2.45, 2.75) is 23.6 Å². The van der Waals surface area contributed by atoms with Gasteiger partial charge < -0.3 is 15.1 Å². The lowest BCUT2D eigenvalue weighted by molar-refractivity contribution is -0.115. The summed E-state index contributed by atoms with van der Waals surface area (Å²) in [6.45, 7) is 2.40. The van der Waals surface area contributed by atoms with Gasteiger partial charge in [0.2, 0.25) is 5.91 Å². The Hall–Kier alpha value is -2.47. The first-order chi connectivity index (χ1) is 12.3. The van der Waals surface area contributed by atoms with Gasteiger partial charge in [0, 0.05) is 43.8 Å². The maximum atomic E-state index is 12.8. The standard InChI is InChI=1S/C20H23N3O2S/c1-13-19(24)21-17-11-15(7-10-18(17)26-13)20(25)23(4)12-14-5-8-16(9-6-14)22(2)3/h5-11,13H,12H2,1-4H3,(H,21,24)/t13-/m0/s1. The molecule has 0 aromatic heterocycles. The van der Waals surface area contributed by atoms with E-state index in [2.05, 4.69) is 5.32 Å². The van der Waals surface area contributed by atoms with Crippen LogP contribution in [-0.4, -0.2) is 43.1 Å². The summed E-state index contributed by atoms with van der Waals surface area (Å²) < 4.78 is 0. The van der Waals surface area contributed by atoms with Crippen LogP contribution in [0.3, 0.4) is 0 Å². The van der Waals surface area contributed by atoms with E-state index >= 15 is 0 Å². The smallest absolute Gasteiger partial charge is 0.253 e. The number of fused-ring (bicyclic) bond motifs is 1. The zero-order valence-electron chi connectivity index (χ0n) is 15.4. The Kier molecular flexibility index (Phi) is 5.23. The number of thioether (sulfide) groups is 1. The molecule has 2 amide bonds. The molecule has 6 heteroatoms. The average Bonchev–Trinajstić information content (AvgIpc) is 2.62. The SMILES string of the molecule is C[C@@H]1Sc2ccc(C(=O)N(C)Cc3ccc(N(C)C)cc3)cc2NC1=O. The van der Waals surface area contributed by atoms with Crippen molar-refractivity contribution in [3.05, 3.63) is 53.6 Å². The van der Waals surface area contributed by atoms with E-state index in [1.165, 1.54) is 11.8 Å². The molecule has 0 radical (unpaired) electrons. The highest BCUT2D eigenvalue weighted by Gasteiger charge is 2.24. The minimum absolute atomic E-state index is 0.0264. The van der Waals surface area contributed by atoms with Gasteiger partial charge in [-0.1, -0.05) is 12.1 Å². The summed E-state index contributed by atoms with van der Waals surface area (Å²) in [5.41, 5.74) is 3.49. The molecule has 0 fully saturated rings. The van der Waals surface area contributed by atoms with Crippen LogP contribution in [0.4, 0.5) is 11.4 Å². The van der Waals surface area contributed by atoms with Gasteiger partial charge in [-0.2, -0.15) is 0 Å². The van der Waals surface area contributed by atoms with E-state index in [4.69, 9.17) is 0 Å². The molecular weight excluding hydrogens is 346 g/mol. The van der Waals surface area contributed by atoms with E-state index < -0.39 is 0 Å². The second-order valence-corrected chi connectivity index (χ2v) is 8.06. The van der Waals surface area contributed by atoms with Crippen molar-refractivity contribution in [3.8, 4) is 0 Å². The molecule has 1 aliphatic rings. The molecule has 2 aromatic carbocycles. The van der Waals surface area contributed by atoms with E-state index in [0.717, 1.165) is 16.1 Å². The monoisotopic (exact) mass is 369 g/mol. The zero-order chi connectivity index (χ0) is 18.8. The number of amides is 2. The Bertz CT molecular complexity index is 833. The molecule has 0 aliphatic carbocycles. The highest BCUT2D eigenvalue weighted by atomic mass is 32.2. The molecule has 26 heavy (non-hydrogen) atoms. The van der Waals surface area contributed by atoms with E-state index in [1.54, 1.807) is 18.0 Å². The fourth-order valence-corrected chi connectivity index (χ4v) is 3.74. The number of hydrogen-bond acceptors (Lipinski definition) is 4. The van der Waals surface area contributed by atoms with Crippen molar-refractivity contribution < 1.29 is 9.59 Å². The fourth-order valence-electron chi connectivity index (χ4n) is 2.81. The Morgan fingerprint density at radius 2 is 1.81 bits per heavy atom. The summed E-state index contributed by atoms with van der Waals surface area (Å²) in [6.07, 6.45) is 0. The van der Waals surface area contributed by atoms with Gasteiger partial charge in [0.25, 0.3) is 5.91 Å². The van der Waals surface area contributed by atoms with Crippen LogP contribution in [-0.2, 0) is 11.3 Å². The van der Waals surface area contributed by atoms with Crippen LogP contribution in [0.15, 0.2) is 47.4 Å². The molecule has 0 spiro atoms. The molecule has 1 aliphatic heterocycles. The third-order valence-electron chi connectivity index (χ3n) is 4.38. The number of nitrogens with zero attached hydrogens (tertiary/aromatic N) is 2. The molecule has 5 nitrogen and oxygen atoms in total. The lowest BCUT2D eigenvalue weighted by atomic mass is 10.1. The average molecular weight is 369 g/mol. The van der Waals surface area contributed by atoms with Crippen LogP contribution in [0, 0.1) is 0 Å². The molecule has 136 valence electrons. The minimum Gasteiger partial charge on any atom is -0.378 e. The first-order valence-corrected chi connectivity index (χ1v) is 9.36. The number of rotatable bonds is 4.